The van der Waals surface area contributed by atoms with Gasteiger partial charge in [0.05, 0.1) is 46.5 Å². The van der Waals surface area contributed by atoms with Crippen LogP contribution in [0.15, 0.2) is 72.8 Å². The minimum atomic E-state index is -1.02. The molecule has 4 aliphatic rings. The molecule has 0 aliphatic carbocycles. The average molecular weight is 608 g/mol. The molecule has 0 radical (unpaired) electrons. The first-order valence-electron chi connectivity index (χ1n) is 14.3. The van der Waals surface area contributed by atoms with E-state index >= 15 is 0 Å². The molecule has 8 nitrogen and oxygen atoms in total. The van der Waals surface area contributed by atoms with Crippen LogP contribution in [0.1, 0.15) is 20.8 Å². The number of likely N-dealkylation sites (tertiary alicyclic amines) is 1. The summed E-state index contributed by atoms with van der Waals surface area (Å²) in [6.45, 7) is 6.50. The van der Waals surface area contributed by atoms with Crippen LogP contribution < -0.4 is 14.5 Å². The molecule has 1 spiro atoms. The van der Waals surface area contributed by atoms with Gasteiger partial charge in [0.15, 0.2) is 0 Å². The Balaban J connectivity index is 1.45. The van der Waals surface area contributed by atoms with Gasteiger partial charge in [-0.05, 0) is 57.2 Å². The number of aliphatic hydroxyl groups excluding tert-OH is 1. The topological polar surface area (TPSA) is 90.4 Å². The van der Waals surface area contributed by atoms with Gasteiger partial charge in [0, 0.05) is 23.5 Å². The summed E-state index contributed by atoms with van der Waals surface area (Å²) in [5, 5.41) is 10.6. The maximum atomic E-state index is 14.5. The molecule has 3 amide bonds. The van der Waals surface area contributed by atoms with Crippen molar-refractivity contribution in [2.24, 2.45) is 11.8 Å². The van der Waals surface area contributed by atoms with Crippen molar-refractivity contribution in [3.63, 3.8) is 0 Å². The second kappa shape index (κ2) is 10.8. The number of benzene rings is 2. The molecule has 2 saturated heterocycles. The van der Waals surface area contributed by atoms with Gasteiger partial charge >= 0.3 is 0 Å². The zero-order chi connectivity index (χ0) is 29.8. The van der Waals surface area contributed by atoms with Crippen molar-refractivity contribution in [1.82, 2.24) is 4.90 Å². The quantitative estimate of drug-likeness (QED) is 0.492. The minimum Gasteiger partial charge on any atom is -0.494 e. The monoisotopic (exact) mass is 607 g/mol. The maximum absolute atomic E-state index is 14.5. The zero-order valence-corrected chi connectivity index (χ0v) is 25.3. The first-order chi connectivity index (χ1) is 20.2. The first kappa shape index (κ1) is 28.8. The number of hydrogen-bond donors (Lipinski definition) is 1. The van der Waals surface area contributed by atoms with E-state index in [0.717, 1.165) is 0 Å². The lowest BCUT2D eigenvalue weighted by Gasteiger charge is -2.39. The smallest absolute Gasteiger partial charge is 0.251 e. The highest BCUT2D eigenvalue weighted by Gasteiger charge is 2.74. The fraction of sp³-hybridized carbons (Fsp3) is 0.406. The lowest BCUT2D eigenvalue weighted by molar-refractivity contribution is -0.141. The first-order valence-corrected chi connectivity index (χ1v) is 15.4. The average Bonchev–Trinajstić information content (AvgIpc) is 3.25. The third kappa shape index (κ3) is 4.28. The van der Waals surface area contributed by atoms with E-state index in [-0.39, 0.29) is 30.9 Å². The standard InChI is InChI=1S/C32H34ClN3O5S/c1-4-41-22-13-11-21(12-14-22)34-17-7-15-31(3)25(28(34)38)26-29(39)36(20(2)19-37)27-30(40)35(18-8-16-32(26,27)42-31)24-10-6-5-9-23(24)33/h5-16,20,25-27,37H,4,17-19H2,1-3H3/t20-,25-,26+,27?,31+,32+/m1/s1. The van der Waals surface area contributed by atoms with E-state index in [1.54, 1.807) is 34.9 Å². The number of carbonyl (C=O) groups is 3. The van der Waals surface area contributed by atoms with Gasteiger partial charge in [-0.2, -0.15) is 0 Å². The molecular formula is C32H34ClN3O5S. The van der Waals surface area contributed by atoms with E-state index in [1.165, 1.54) is 16.7 Å². The molecule has 10 heteroatoms. The van der Waals surface area contributed by atoms with Crippen molar-refractivity contribution in [2.45, 2.75) is 42.3 Å². The van der Waals surface area contributed by atoms with Crippen LogP contribution in [0.3, 0.4) is 0 Å². The lowest BCUT2D eigenvalue weighted by Crippen LogP contribution is -2.56. The van der Waals surface area contributed by atoms with Gasteiger partial charge in [0.1, 0.15) is 11.8 Å². The number of nitrogens with zero attached hydrogens (tertiary/aromatic N) is 3. The number of fused-ring (bicyclic) bond motifs is 2. The van der Waals surface area contributed by atoms with Crippen molar-refractivity contribution in [3.05, 3.63) is 77.9 Å². The van der Waals surface area contributed by atoms with Crippen LogP contribution in [-0.2, 0) is 14.4 Å². The molecule has 42 heavy (non-hydrogen) atoms. The molecule has 1 N–H and O–H groups in total. The van der Waals surface area contributed by atoms with Gasteiger partial charge in [-0.15, -0.1) is 11.8 Å². The van der Waals surface area contributed by atoms with Crippen molar-refractivity contribution in [3.8, 4) is 5.75 Å². The van der Waals surface area contributed by atoms with Gasteiger partial charge < -0.3 is 24.5 Å². The van der Waals surface area contributed by atoms with Crippen LogP contribution in [0.25, 0.3) is 0 Å². The Morgan fingerprint density at radius 1 is 0.976 bits per heavy atom. The highest BCUT2D eigenvalue weighted by molar-refractivity contribution is 8.02. The molecule has 0 aromatic heterocycles. The molecule has 4 aliphatic heterocycles. The second-order valence-corrected chi connectivity index (χ2v) is 13.6. The molecule has 0 bridgehead atoms. The number of hydrogen-bond acceptors (Lipinski definition) is 6. The highest BCUT2D eigenvalue weighted by Crippen LogP contribution is 2.66. The van der Waals surface area contributed by atoms with Crippen molar-refractivity contribution in [1.29, 1.82) is 0 Å². The third-order valence-electron chi connectivity index (χ3n) is 8.84. The number of aliphatic hydroxyl groups is 1. The number of para-hydroxylation sites is 1. The van der Waals surface area contributed by atoms with Crippen molar-refractivity contribution >= 4 is 52.5 Å². The summed E-state index contributed by atoms with van der Waals surface area (Å²) in [5.74, 6) is -1.57. The summed E-state index contributed by atoms with van der Waals surface area (Å²) in [4.78, 5) is 48.4. The van der Waals surface area contributed by atoms with Gasteiger partial charge in [-0.1, -0.05) is 48.0 Å². The molecular weight excluding hydrogens is 574 g/mol. The number of carbonyl (C=O) groups excluding carboxylic acids is 3. The number of halogens is 1. The Kier molecular flexibility index (Phi) is 7.40. The fourth-order valence-electron chi connectivity index (χ4n) is 7.03. The molecule has 2 aromatic rings. The van der Waals surface area contributed by atoms with Gasteiger partial charge in [-0.25, -0.2) is 0 Å². The predicted octanol–water partition coefficient (Wildman–Crippen LogP) is 4.31. The number of amides is 3. The summed E-state index contributed by atoms with van der Waals surface area (Å²) < 4.78 is 3.83. The molecule has 2 aromatic carbocycles. The molecule has 220 valence electrons. The number of rotatable bonds is 6. The van der Waals surface area contributed by atoms with E-state index in [1.807, 2.05) is 68.5 Å². The van der Waals surface area contributed by atoms with E-state index < -0.39 is 33.4 Å². The molecule has 4 heterocycles. The summed E-state index contributed by atoms with van der Waals surface area (Å²) in [7, 11) is 0. The van der Waals surface area contributed by atoms with Crippen molar-refractivity contribution in [2.75, 3.05) is 36.1 Å². The Morgan fingerprint density at radius 3 is 2.36 bits per heavy atom. The highest BCUT2D eigenvalue weighted by atomic mass is 35.5. The summed E-state index contributed by atoms with van der Waals surface area (Å²) in [6, 6.07) is 13.0. The summed E-state index contributed by atoms with van der Waals surface area (Å²) in [5.41, 5.74) is 1.27. The van der Waals surface area contributed by atoms with Crippen LogP contribution >= 0.6 is 23.4 Å². The van der Waals surface area contributed by atoms with Crippen molar-refractivity contribution < 1.29 is 24.2 Å². The Labute approximate surface area is 254 Å². The number of thioether (sulfide) groups is 1. The largest absolute Gasteiger partial charge is 0.494 e. The Bertz CT molecular complexity index is 1480. The van der Waals surface area contributed by atoms with E-state index in [0.29, 0.717) is 35.3 Å². The van der Waals surface area contributed by atoms with Crippen LogP contribution in [0.5, 0.6) is 5.75 Å². The summed E-state index contributed by atoms with van der Waals surface area (Å²) >= 11 is 8.04. The predicted molar refractivity (Wildman–Crippen MR) is 165 cm³/mol. The van der Waals surface area contributed by atoms with Gasteiger partial charge in [0.25, 0.3) is 5.91 Å². The molecule has 1 unspecified atom stereocenters. The zero-order valence-electron chi connectivity index (χ0n) is 23.8. The third-order valence-corrected chi connectivity index (χ3v) is 11.0. The fourth-order valence-corrected chi connectivity index (χ4v) is 9.41. The Morgan fingerprint density at radius 2 is 1.67 bits per heavy atom. The normalized spacial score (nSPS) is 31.0. The summed E-state index contributed by atoms with van der Waals surface area (Å²) in [6.07, 6.45) is 7.88. The molecule has 6 rings (SSSR count). The maximum Gasteiger partial charge on any atom is 0.251 e. The molecule has 2 fully saturated rings. The number of anilines is 2. The lowest BCUT2D eigenvalue weighted by atomic mass is 9.74. The van der Waals surface area contributed by atoms with E-state index in [4.69, 9.17) is 16.3 Å². The molecule has 6 atom stereocenters. The molecule has 0 saturated carbocycles. The SMILES string of the molecule is CCOc1ccc(N2CC=C[C@]3(C)S[C@]45C=CCN(c6ccccc6Cl)C(=O)C4N([C@H](C)CO)C(=O)[C@@H]5[C@@H]3C2=O)cc1. The minimum absolute atomic E-state index is 0.167. The van der Waals surface area contributed by atoms with E-state index in [2.05, 4.69) is 0 Å². The second-order valence-electron chi connectivity index (χ2n) is 11.4. The van der Waals surface area contributed by atoms with Crippen LogP contribution in [0, 0.1) is 11.8 Å². The van der Waals surface area contributed by atoms with Gasteiger partial charge in [-0.3, -0.25) is 14.4 Å². The number of ether oxygens (including phenoxy) is 1. The van der Waals surface area contributed by atoms with E-state index in [9.17, 15) is 19.5 Å². The van der Waals surface area contributed by atoms with Gasteiger partial charge in [0.2, 0.25) is 11.8 Å². The Hall–Kier alpha value is -3.27. The van der Waals surface area contributed by atoms with Crippen LogP contribution in [0.2, 0.25) is 5.02 Å². The van der Waals surface area contributed by atoms with Crippen LogP contribution in [0.4, 0.5) is 11.4 Å². The van der Waals surface area contributed by atoms with Crippen LogP contribution in [-0.4, -0.2) is 75.6 Å².